The summed E-state index contributed by atoms with van der Waals surface area (Å²) in [4.78, 5) is 17.0. The van der Waals surface area contributed by atoms with Crippen molar-refractivity contribution in [1.29, 1.82) is 0 Å². The Morgan fingerprint density at radius 1 is 1.50 bits per heavy atom. The minimum absolute atomic E-state index is 0.133. The van der Waals surface area contributed by atoms with Crippen molar-refractivity contribution in [3.63, 3.8) is 0 Å². The third kappa shape index (κ3) is 3.05. The van der Waals surface area contributed by atoms with Gasteiger partial charge in [-0.2, -0.15) is 16.4 Å². The first kappa shape index (κ1) is 16.6. The van der Waals surface area contributed by atoms with Crippen molar-refractivity contribution < 1.29 is 9.90 Å². The maximum absolute atomic E-state index is 12.5. The van der Waals surface area contributed by atoms with Gasteiger partial charge in [-0.1, -0.05) is 0 Å². The highest BCUT2D eigenvalue weighted by Gasteiger charge is 2.25. The quantitative estimate of drug-likeness (QED) is 0.745. The molecule has 1 unspecified atom stereocenters. The van der Waals surface area contributed by atoms with Gasteiger partial charge in [-0.15, -0.1) is 0 Å². The molecule has 0 radical (unpaired) electrons. The number of thiophene rings is 1. The molecule has 7 heteroatoms. The van der Waals surface area contributed by atoms with Gasteiger partial charge in [-0.05, 0) is 49.2 Å². The van der Waals surface area contributed by atoms with Gasteiger partial charge in [0.1, 0.15) is 5.60 Å². The van der Waals surface area contributed by atoms with Crippen LogP contribution in [0.2, 0.25) is 0 Å². The summed E-state index contributed by atoms with van der Waals surface area (Å²) in [6, 6.07) is 3.65. The van der Waals surface area contributed by atoms with Crippen LogP contribution < -0.4 is 5.32 Å². The predicted octanol–water partition coefficient (Wildman–Crippen LogP) is 2.46. The summed E-state index contributed by atoms with van der Waals surface area (Å²) in [5, 5.41) is 22.2. The van der Waals surface area contributed by atoms with E-state index in [9.17, 15) is 9.90 Å². The molecule has 126 valence electrons. The molecule has 0 aromatic carbocycles. The van der Waals surface area contributed by atoms with Crippen LogP contribution in [0.4, 0.5) is 0 Å². The average molecular weight is 344 g/mol. The summed E-state index contributed by atoms with van der Waals surface area (Å²) in [7, 11) is 0. The van der Waals surface area contributed by atoms with Crippen LogP contribution >= 0.6 is 11.3 Å². The number of amides is 1. The van der Waals surface area contributed by atoms with E-state index in [-0.39, 0.29) is 12.5 Å². The molecule has 1 amide bonds. The van der Waals surface area contributed by atoms with Crippen molar-refractivity contribution in [2.45, 2.75) is 32.9 Å². The van der Waals surface area contributed by atoms with E-state index in [4.69, 9.17) is 0 Å². The number of aryl methyl sites for hydroxylation is 2. The van der Waals surface area contributed by atoms with E-state index in [0.717, 1.165) is 23.1 Å². The lowest BCUT2D eigenvalue weighted by Gasteiger charge is -2.23. The van der Waals surface area contributed by atoms with E-state index in [0.29, 0.717) is 11.3 Å². The van der Waals surface area contributed by atoms with Crippen LogP contribution in [0.3, 0.4) is 0 Å². The van der Waals surface area contributed by atoms with Crippen molar-refractivity contribution >= 4 is 28.3 Å². The third-order valence-electron chi connectivity index (χ3n) is 4.08. The van der Waals surface area contributed by atoms with E-state index < -0.39 is 5.60 Å². The predicted molar refractivity (Wildman–Crippen MR) is 94.2 cm³/mol. The largest absolute Gasteiger partial charge is 0.384 e. The molecule has 24 heavy (non-hydrogen) atoms. The number of carbonyl (C=O) groups is 1. The highest BCUT2D eigenvalue weighted by atomic mass is 32.1. The monoisotopic (exact) mass is 344 g/mol. The lowest BCUT2D eigenvalue weighted by molar-refractivity contribution is 0.0530. The lowest BCUT2D eigenvalue weighted by Crippen LogP contribution is -2.38. The van der Waals surface area contributed by atoms with Gasteiger partial charge in [-0.3, -0.25) is 4.79 Å². The number of rotatable bonds is 5. The van der Waals surface area contributed by atoms with E-state index >= 15 is 0 Å². The first-order valence-corrected chi connectivity index (χ1v) is 8.73. The summed E-state index contributed by atoms with van der Waals surface area (Å²) in [6.45, 7) is 6.35. The molecule has 3 heterocycles. The van der Waals surface area contributed by atoms with Crippen LogP contribution in [-0.4, -0.2) is 32.3 Å². The molecule has 1 atom stereocenters. The fraction of sp³-hybridized carbons (Fsp3) is 0.353. The number of nitrogens with zero attached hydrogens (tertiary/aromatic N) is 3. The van der Waals surface area contributed by atoms with Crippen LogP contribution in [0.5, 0.6) is 0 Å². The zero-order chi connectivity index (χ0) is 17.3. The molecule has 0 saturated heterocycles. The second kappa shape index (κ2) is 6.33. The average Bonchev–Trinajstić information content (AvgIpc) is 3.21. The van der Waals surface area contributed by atoms with Crippen molar-refractivity contribution in [1.82, 2.24) is 20.1 Å². The Morgan fingerprint density at radius 3 is 2.96 bits per heavy atom. The SMILES string of the molecule is CCn1ncc2cc(C(=O)NCC(C)(O)c3ccsc3)c(C)nc21. The lowest BCUT2D eigenvalue weighted by atomic mass is 9.99. The number of carbonyl (C=O) groups excluding carboxylic acids is 1. The summed E-state index contributed by atoms with van der Waals surface area (Å²) >= 11 is 1.51. The molecule has 0 aliphatic heterocycles. The Kier molecular flexibility index (Phi) is 4.38. The Balaban J connectivity index is 1.80. The van der Waals surface area contributed by atoms with Crippen LogP contribution in [0.25, 0.3) is 11.0 Å². The summed E-state index contributed by atoms with van der Waals surface area (Å²) < 4.78 is 1.80. The van der Waals surface area contributed by atoms with Gasteiger partial charge < -0.3 is 10.4 Å². The van der Waals surface area contributed by atoms with Gasteiger partial charge in [0.25, 0.3) is 5.91 Å². The molecule has 6 nitrogen and oxygen atoms in total. The third-order valence-corrected chi connectivity index (χ3v) is 4.77. The first-order valence-electron chi connectivity index (χ1n) is 7.79. The van der Waals surface area contributed by atoms with E-state index in [1.54, 1.807) is 30.8 Å². The van der Waals surface area contributed by atoms with Gasteiger partial charge >= 0.3 is 0 Å². The van der Waals surface area contributed by atoms with Gasteiger partial charge in [0.15, 0.2) is 5.65 Å². The number of nitrogens with one attached hydrogen (secondary N) is 1. The topological polar surface area (TPSA) is 80.0 Å². The van der Waals surface area contributed by atoms with Gasteiger partial charge in [0.05, 0.1) is 24.0 Å². The highest BCUT2D eigenvalue weighted by Crippen LogP contribution is 2.22. The Bertz CT molecular complexity index is 868. The molecule has 0 spiro atoms. The summed E-state index contributed by atoms with van der Waals surface area (Å²) in [5.41, 5.74) is 1.61. The van der Waals surface area contributed by atoms with Crippen LogP contribution in [0.15, 0.2) is 29.1 Å². The first-order chi connectivity index (χ1) is 11.4. The van der Waals surface area contributed by atoms with Crippen molar-refractivity contribution in [2.24, 2.45) is 0 Å². The maximum atomic E-state index is 12.5. The molecule has 3 rings (SSSR count). The fourth-order valence-electron chi connectivity index (χ4n) is 2.58. The maximum Gasteiger partial charge on any atom is 0.253 e. The Hall–Kier alpha value is -2.25. The minimum Gasteiger partial charge on any atom is -0.384 e. The van der Waals surface area contributed by atoms with Crippen LogP contribution in [0, 0.1) is 6.92 Å². The molecule has 0 saturated carbocycles. The zero-order valence-electron chi connectivity index (χ0n) is 13.9. The second-order valence-electron chi connectivity index (χ2n) is 5.96. The normalized spacial score (nSPS) is 13.8. The van der Waals surface area contributed by atoms with Crippen molar-refractivity contribution in [2.75, 3.05) is 6.54 Å². The van der Waals surface area contributed by atoms with E-state index in [1.807, 2.05) is 23.8 Å². The van der Waals surface area contributed by atoms with Crippen LogP contribution in [0.1, 0.15) is 35.5 Å². The van der Waals surface area contributed by atoms with Gasteiger partial charge in [0.2, 0.25) is 0 Å². The van der Waals surface area contributed by atoms with E-state index in [2.05, 4.69) is 15.4 Å². The zero-order valence-corrected chi connectivity index (χ0v) is 14.7. The fourth-order valence-corrected chi connectivity index (χ4v) is 3.36. The van der Waals surface area contributed by atoms with E-state index in [1.165, 1.54) is 11.3 Å². The molecular weight excluding hydrogens is 324 g/mol. The number of aliphatic hydroxyl groups is 1. The molecule has 3 aromatic heterocycles. The van der Waals surface area contributed by atoms with Crippen molar-refractivity contribution in [3.05, 3.63) is 45.9 Å². The molecule has 3 aromatic rings. The van der Waals surface area contributed by atoms with Gasteiger partial charge in [-0.25, -0.2) is 9.67 Å². The number of hydrogen-bond acceptors (Lipinski definition) is 5. The smallest absolute Gasteiger partial charge is 0.253 e. The Labute approximate surface area is 144 Å². The van der Waals surface area contributed by atoms with Crippen molar-refractivity contribution in [3.8, 4) is 0 Å². The number of aromatic nitrogens is 3. The van der Waals surface area contributed by atoms with Crippen LogP contribution in [-0.2, 0) is 12.1 Å². The second-order valence-corrected chi connectivity index (χ2v) is 6.74. The number of pyridine rings is 1. The number of fused-ring (bicyclic) bond motifs is 1. The molecule has 2 N–H and O–H groups in total. The molecular formula is C17H20N4O2S. The number of hydrogen-bond donors (Lipinski definition) is 2. The highest BCUT2D eigenvalue weighted by molar-refractivity contribution is 7.08. The Morgan fingerprint density at radius 2 is 2.29 bits per heavy atom. The standard InChI is InChI=1S/C17H20N4O2S/c1-4-21-15-12(8-19-21)7-14(11(2)20-15)16(22)18-10-17(3,23)13-5-6-24-9-13/h5-9,23H,4,10H2,1-3H3,(H,18,22). The molecule has 0 aliphatic rings. The molecule has 0 bridgehead atoms. The minimum atomic E-state index is -1.10. The summed E-state index contributed by atoms with van der Waals surface area (Å²) in [6.07, 6.45) is 1.71. The summed E-state index contributed by atoms with van der Waals surface area (Å²) in [5.74, 6) is -0.248. The molecule has 0 fully saturated rings. The van der Waals surface area contributed by atoms with Gasteiger partial charge in [0, 0.05) is 11.9 Å². The molecule has 0 aliphatic carbocycles.